The van der Waals surface area contributed by atoms with Crippen molar-refractivity contribution in [3.63, 3.8) is 0 Å². The third-order valence-electron chi connectivity index (χ3n) is 3.17. The highest BCUT2D eigenvalue weighted by Gasteiger charge is 2.21. The van der Waals surface area contributed by atoms with E-state index in [4.69, 9.17) is 14.2 Å². The SMILES string of the molecule is CC(C)OCCOCCC(C)C1CCOC1. The Labute approximate surface area is 99.5 Å². The maximum absolute atomic E-state index is 5.55. The summed E-state index contributed by atoms with van der Waals surface area (Å²) in [5.74, 6) is 1.46. The zero-order valence-electron chi connectivity index (χ0n) is 10.9. The van der Waals surface area contributed by atoms with Gasteiger partial charge in [-0.2, -0.15) is 0 Å². The molecule has 96 valence electrons. The largest absolute Gasteiger partial charge is 0.381 e. The van der Waals surface area contributed by atoms with Crippen LogP contribution in [0.2, 0.25) is 0 Å². The molecule has 0 N–H and O–H groups in total. The van der Waals surface area contributed by atoms with Crippen molar-refractivity contribution in [1.29, 1.82) is 0 Å². The van der Waals surface area contributed by atoms with Crippen LogP contribution in [0.5, 0.6) is 0 Å². The fraction of sp³-hybridized carbons (Fsp3) is 1.00. The summed E-state index contributed by atoms with van der Waals surface area (Å²) in [6.45, 7) is 10.5. The number of hydrogen-bond donors (Lipinski definition) is 0. The molecule has 0 aromatic heterocycles. The van der Waals surface area contributed by atoms with Gasteiger partial charge in [0.15, 0.2) is 0 Å². The van der Waals surface area contributed by atoms with Crippen LogP contribution in [0.25, 0.3) is 0 Å². The van der Waals surface area contributed by atoms with Crippen molar-refractivity contribution in [2.45, 2.75) is 39.7 Å². The molecule has 0 aromatic rings. The van der Waals surface area contributed by atoms with Gasteiger partial charge in [-0.1, -0.05) is 6.92 Å². The van der Waals surface area contributed by atoms with Gasteiger partial charge in [0.05, 0.1) is 19.3 Å². The molecule has 1 heterocycles. The molecule has 0 aliphatic carbocycles. The van der Waals surface area contributed by atoms with Gasteiger partial charge in [0.2, 0.25) is 0 Å². The Hall–Kier alpha value is -0.120. The molecule has 3 nitrogen and oxygen atoms in total. The van der Waals surface area contributed by atoms with Crippen molar-refractivity contribution in [3.05, 3.63) is 0 Å². The fourth-order valence-corrected chi connectivity index (χ4v) is 1.95. The van der Waals surface area contributed by atoms with E-state index in [1.165, 1.54) is 6.42 Å². The number of hydrogen-bond acceptors (Lipinski definition) is 3. The molecule has 0 radical (unpaired) electrons. The van der Waals surface area contributed by atoms with E-state index in [1.54, 1.807) is 0 Å². The van der Waals surface area contributed by atoms with Gasteiger partial charge in [-0.3, -0.25) is 0 Å². The highest BCUT2D eigenvalue weighted by atomic mass is 16.5. The summed E-state index contributed by atoms with van der Waals surface area (Å²) in [5, 5.41) is 0. The second-order valence-corrected chi connectivity index (χ2v) is 4.92. The first kappa shape index (κ1) is 13.9. The predicted molar refractivity (Wildman–Crippen MR) is 64.6 cm³/mol. The van der Waals surface area contributed by atoms with Crippen molar-refractivity contribution in [3.8, 4) is 0 Å². The highest BCUT2D eigenvalue weighted by Crippen LogP contribution is 2.23. The van der Waals surface area contributed by atoms with Gasteiger partial charge in [-0.15, -0.1) is 0 Å². The fourth-order valence-electron chi connectivity index (χ4n) is 1.95. The molecule has 0 saturated carbocycles. The van der Waals surface area contributed by atoms with Crippen LogP contribution in [0, 0.1) is 11.8 Å². The van der Waals surface area contributed by atoms with Crippen LogP contribution < -0.4 is 0 Å². The standard InChI is InChI=1S/C13H26O3/c1-11(2)16-9-8-14-6-4-12(3)13-5-7-15-10-13/h11-13H,4-10H2,1-3H3. The van der Waals surface area contributed by atoms with E-state index >= 15 is 0 Å². The zero-order valence-corrected chi connectivity index (χ0v) is 10.9. The molecular weight excluding hydrogens is 204 g/mol. The van der Waals surface area contributed by atoms with Crippen molar-refractivity contribution in [2.75, 3.05) is 33.0 Å². The van der Waals surface area contributed by atoms with Gasteiger partial charge >= 0.3 is 0 Å². The van der Waals surface area contributed by atoms with Gasteiger partial charge < -0.3 is 14.2 Å². The van der Waals surface area contributed by atoms with Crippen LogP contribution >= 0.6 is 0 Å². The Balaban J connectivity index is 1.90. The van der Waals surface area contributed by atoms with Crippen LogP contribution in [-0.4, -0.2) is 39.1 Å². The lowest BCUT2D eigenvalue weighted by molar-refractivity contribution is 0.0151. The highest BCUT2D eigenvalue weighted by molar-refractivity contribution is 4.70. The quantitative estimate of drug-likeness (QED) is 0.600. The Morgan fingerprint density at radius 3 is 2.62 bits per heavy atom. The molecular formula is C13H26O3. The van der Waals surface area contributed by atoms with E-state index in [1.807, 2.05) is 13.8 Å². The molecule has 1 rings (SSSR count). The minimum Gasteiger partial charge on any atom is -0.381 e. The van der Waals surface area contributed by atoms with Crippen LogP contribution in [0.3, 0.4) is 0 Å². The summed E-state index contributed by atoms with van der Waals surface area (Å²) in [6.07, 6.45) is 2.66. The minimum atomic E-state index is 0.304. The molecule has 16 heavy (non-hydrogen) atoms. The molecule has 1 fully saturated rings. The van der Waals surface area contributed by atoms with Crippen molar-refractivity contribution >= 4 is 0 Å². The monoisotopic (exact) mass is 230 g/mol. The normalized spacial score (nSPS) is 22.9. The van der Waals surface area contributed by atoms with E-state index in [0.29, 0.717) is 25.2 Å². The summed E-state index contributed by atoms with van der Waals surface area (Å²) >= 11 is 0. The molecule has 1 aliphatic rings. The maximum Gasteiger partial charge on any atom is 0.0703 e. The smallest absolute Gasteiger partial charge is 0.0703 e. The third kappa shape index (κ3) is 5.83. The van der Waals surface area contributed by atoms with Crippen molar-refractivity contribution in [1.82, 2.24) is 0 Å². The third-order valence-corrected chi connectivity index (χ3v) is 3.17. The summed E-state index contributed by atoms with van der Waals surface area (Å²) < 4.78 is 16.3. The first-order chi connectivity index (χ1) is 7.70. The lowest BCUT2D eigenvalue weighted by Crippen LogP contribution is -2.15. The lowest BCUT2D eigenvalue weighted by Gasteiger charge is -2.17. The van der Waals surface area contributed by atoms with Crippen LogP contribution in [0.15, 0.2) is 0 Å². The zero-order chi connectivity index (χ0) is 11.8. The Bertz CT molecular complexity index is 165. The molecule has 1 aliphatic heterocycles. The van der Waals surface area contributed by atoms with Crippen LogP contribution in [-0.2, 0) is 14.2 Å². The van der Waals surface area contributed by atoms with E-state index in [-0.39, 0.29) is 0 Å². The summed E-state index contributed by atoms with van der Waals surface area (Å²) in [5.41, 5.74) is 0. The van der Waals surface area contributed by atoms with Gasteiger partial charge in [-0.25, -0.2) is 0 Å². The Kier molecular flexibility index (Phi) is 7.01. The lowest BCUT2D eigenvalue weighted by atomic mass is 9.91. The van der Waals surface area contributed by atoms with E-state index in [9.17, 15) is 0 Å². The van der Waals surface area contributed by atoms with Gasteiger partial charge in [0.25, 0.3) is 0 Å². The topological polar surface area (TPSA) is 27.7 Å². The second-order valence-electron chi connectivity index (χ2n) is 4.92. The average Bonchev–Trinajstić information content (AvgIpc) is 2.75. The van der Waals surface area contributed by atoms with E-state index in [0.717, 1.165) is 32.2 Å². The average molecular weight is 230 g/mol. The Morgan fingerprint density at radius 2 is 2.00 bits per heavy atom. The molecule has 0 aromatic carbocycles. The minimum absolute atomic E-state index is 0.304. The Morgan fingerprint density at radius 1 is 1.19 bits per heavy atom. The molecule has 3 heteroatoms. The number of rotatable bonds is 8. The summed E-state index contributed by atoms with van der Waals surface area (Å²) in [7, 11) is 0. The van der Waals surface area contributed by atoms with Crippen molar-refractivity contribution in [2.24, 2.45) is 11.8 Å². The molecule has 2 unspecified atom stereocenters. The first-order valence-electron chi connectivity index (χ1n) is 6.47. The van der Waals surface area contributed by atoms with Gasteiger partial charge in [0, 0.05) is 19.8 Å². The number of ether oxygens (including phenoxy) is 3. The molecule has 1 saturated heterocycles. The van der Waals surface area contributed by atoms with E-state index < -0.39 is 0 Å². The molecule has 2 atom stereocenters. The van der Waals surface area contributed by atoms with Gasteiger partial charge in [-0.05, 0) is 38.5 Å². The molecule has 0 spiro atoms. The molecule has 0 amide bonds. The first-order valence-corrected chi connectivity index (χ1v) is 6.47. The summed E-state index contributed by atoms with van der Waals surface area (Å²) in [6, 6.07) is 0. The van der Waals surface area contributed by atoms with Gasteiger partial charge in [0.1, 0.15) is 0 Å². The van der Waals surface area contributed by atoms with Crippen molar-refractivity contribution < 1.29 is 14.2 Å². The van der Waals surface area contributed by atoms with Crippen LogP contribution in [0.4, 0.5) is 0 Å². The summed E-state index contributed by atoms with van der Waals surface area (Å²) in [4.78, 5) is 0. The second kappa shape index (κ2) is 8.04. The van der Waals surface area contributed by atoms with E-state index in [2.05, 4.69) is 6.92 Å². The van der Waals surface area contributed by atoms with Crippen LogP contribution in [0.1, 0.15) is 33.6 Å². The predicted octanol–water partition coefficient (Wildman–Crippen LogP) is 2.49. The maximum atomic E-state index is 5.55. The molecule has 0 bridgehead atoms.